The molecule has 0 atom stereocenters. The molecule has 0 aliphatic carbocycles. The lowest BCUT2D eigenvalue weighted by atomic mass is 10.1. The van der Waals surface area contributed by atoms with E-state index in [-0.39, 0.29) is 0 Å². The van der Waals surface area contributed by atoms with Crippen molar-refractivity contribution in [2.45, 2.75) is 13.1 Å². The SMILES string of the molecule is CN(C)Cc1cc[c]cc1CN. The van der Waals surface area contributed by atoms with E-state index in [2.05, 4.69) is 31.1 Å². The van der Waals surface area contributed by atoms with Gasteiger partial charge in [-0.1, -0.05) is 12.1 Å². The first-order valence-corrected chi connectivity index (χ1v) is 4.06. The van der Waals surface area contributed by atoms with Crippen LogP contribution in [-0.2, 0) is 13.1 Å². The molecule has 1 rings (SSSR count). The smallest absolute Gasteiger partial charge is 0.0230 e. The molecule has 0 unspecified atom stereocenters. The van der Waals surface area contributed by atoms with Crippen LogP contribution in [0.3, 0.4) is 0 Å². The first-order chi connectivity index (χ1) is 5.74. The molecule has 0 spiro atoms. The highest BCUT2D eigenvalue weighted by molar-refractivity contribution is 5.25. The van der Waals surface area contributed by atoms with Crippen LogP contribution in [0.25, 0.3) is 0 Å². The number of nitrogens with two attached hydrogens (primary N) is 1. The average molecular weight is 163 g/mol. The van der Waals surface area contributed by atoms with Gasteiger partial charge in [0.1, 0.15) is 0 Å². The summed E-state index contributed by atoms with van der Waals surface area (Å²) in [6.07, 6.45) is 0. The minimum absolute atomic E-state index is 0.598. The zero-order valence-corrected chi connectivity index (χ0v) is 7.67. The van der Waals surface area contributed by atoms with Gasteiger partial charge in [-0.3, -0.25) is 0 Å². The van der Waals surface area contributed by atoms with E-state index < -0.39 is 0 Å². The lowest BCUT2D eigenvalue weighted by molar-refractivity contribution is 0.401. The molecule has 12 heavy (non-hydrogen) atoms. The van der Waals surface area contributed by atoms with Gasteiger partial charge in [0.15, 0.2) is 0 Å². The topological polar surface area (TPSA) is 29.3 Å². The Morgan fingerprint density at radius 2 is 2.17 bits per heavy atom. The molecule has 0 aromatic heterocycles. The van der Waals surface area contributed by atoms with Gasteiger partial charge in [-0.05, 0) is 37.4 Å². The molecule has 65 valence electrons. The second kappa shape index (κ2) is 4.24. The molecule has 0 heterocycles. The van der Waals surface area contributed by atoms with E-state index >= 15 is 0 Å². The Labute approximate surface area is 74.0 Å². The predicted molar refractivity (Wildman–Crippen MR) is 50.6 cm³/mol. The van der Waals surface area contributed by atoms with E-state index in [1.165, 1.54) is 11.1 Å². The van der Waals surface area contributed by atoms with E-state index in [1.54, 1.807) is 0 Å². The lowest BCUT2D eigenvalue weighted by Crippen LogP contribution is -2.13. The van der Waals surface area contributed by atoms with Crippen LogP contribution in [0.2, 0.25) is 0 Å². The summed E-state index contributed by atoms with van der Waals surface area (Å²) in [4.78, 5) is 2.13. The van der Waals surface area contributed by atoms with Crippen molar-refractivity contribution < 1.29 is 0 Å². The molecule has 1 aromatic carbocycles. The molecular formula is C10H15N2. The van der Waals surface area contributed by atoms with Crippen LogP contribution in [0.1, 0.15) is 11.1 Å². The van der Waals surface area contributed by atoms with Crippen LogP contribution in [0.5, 0.6) is 0 Å². The van der Waals surface area contributed by atoms with Crippen molar-refractivity contribution in [1.29, 1.82) is 0 Å². The number of benzene rings is 1. The summed E-state index contributed by atoms with van der Waals surface area (Å²) in [5.41, 5.74) is 8.07. The first-order valence-electron chi connectivity index (χ1n) is 4.06. The molecule has 2 nitrogen and oxygen atoms in total. The Hall–Kier alpha value is -0.860. The fourth-order valence-corrected chi connectivity index (χ4v) is 1.18. The van der Waals surface area contributed by atoms with Gasteiger partial charge in [0.25, 0.3) is 0 Å². The van der Waals surface area contributed by atoms with Gasteiger partial charge in [0.2, 0.25) is 0 Å². The average Bonchev–Trinajstić information content (AvgIpc) is 2.04. The van der Waals surface area contributed by atoms with E-state index in [4.69, 9.17) is 5.73 Å². The second-order valence-corrected chi connectivity index (χ2v) is 3.14. The largest absolute Gasteiger partial charge is 0.326 e. The Morgan fingerprint density at radius 3 is 2.75 bits per heavy atom. The van der Waals surface area contributed by atoms with Gasteiger partial charge in [-0.15, -0.1) is 0 Å². The van der Waals surface area contributed by atoms with Crippen molar-refractivity contribution in [2.24, 2.45) is 5.73 Å². The molecule has 0 bridgehead atoms. The van der Waals surface area contributed by atoms with Crippen molar-refractivity contribution in [3.05, 3.63) is 35.4 Å². The van der Waals surface area contributed by atoms with Crippen LogP contribution in [0, 0.1) is 6.07 Å². The summed E-state index contributed by atoms with van der Waals surface area (Å²) in [6.45, 7) is 1.54. The quantitative estimate of drug-likeness (QED) is 0.720. The molecule has 0 fully saturated rings. The minimum Gasteiger partial charge on any atom is -0.326 e. The molecule has 0 aliphatic rings. The third-order valence-electron chi connectivity index (χ3n) is 1.76. The summed E-state index contributed by atoms with van der Waals surface area (Å²) in [6, 6.07) is 8.98. The maximum atomic E-state index is 5.59. The standard InChI is InChI=1S/C10H15N2/c1-12(2)8-10-6-4-3-5-9(10)7-11/h4-6H,7-8,11H2,1-2H3. The van der Waals surface area contributed by atoms with Crippen molar-refractivity contribution in [2.75, 3.05) is 14.1 Å². The zero-order chi connectivity index (χ0) is 8.97. The van der Waals surface area contributed by atoms with Gasteiger partial charge < -0.3 is 10.6 Å². The number of rotatable bonds is 3. The molecule has 0 saturated carbocycles. The molecular weight excluding hydrogens is 148 g/mol. The predicted octanol–water partition coefficient (Wildman–Crippen LogP) is 1.01. The summed E-state index contributed by atoms with van der Waals surface area (Å²) >= 11 is 0. The van der Waals surface area contributed by atoms with Gasteiger partial charge in [0, 0.05) is 13.1 Å². The fourth-order valence-electron chi connectivity index (χ4n) is 1.18. The molecule has 2 N–H and O–H groups in total. The monoisotopic (exact) mass is 163 g/mol. The fraction of sp³-hybridized carbons (Fsp3) is 0.400. The highest BCUT2D eigenvalue weighted by atomic mass is 15.0. The molecule has 0 aliphatic heterocycles. The molecule has 0 amide bonds. The van der Waals surface area contributed by atoms with Crippen molar-refractivity contribution in [3.63, 3.8) is 0 Å². The normalized spacial score (nSPS) is 10.7. The van der Waals surface area contributed by atoms with E-state index in [9.17, 15) is 0 Å². The molecule has 1 radical (unpaired) electrons. The van der Waals surface area contributed by atoms with Gasteiger partial charge in [-0.25, -0.2) is 0 Å². The Bertz CT molecular complexity index is 243. The van der Waals surface area contributed by atoms with Crippen molar-refractivity contribution in [1.82, 2.24) is 4.90 Å². The third kappa shape index (κ3) is 2.32. The Balaban J connectivity index is 2.82. The maximum Gasteiger partial charge on any atom is 0.0230 e. The Kier molecular flexibility index (Phi) is 3.26. The van der Waals surface area contributed by atoms with Gasteiger partial charge in [0.05, 0.1) is 0 Å². The zero-order valence-electron chi connectivity index (χ0n) is 7.67. The lowest BCUT2D eigenvalue weighted by Gasteiger charge is -2.12. The minimum atomic E-state index is 0.598. The summed E-state index contributed by atoms with van der Waals surface area (Å²) in [5, 5.41) is 0. The van der Waals surface area contributed by atoms with Crippen LogP contribution < -0.4 is 5.73 Å². The van der Waals surface area contributed by atoms with E-state index in [0.29, 0.717) is 6.54 Å². The molecule has 2 heteroatoms. The van der Waals surface area contributed by atoms with E-state index in [1.807, 2.05) is 12.1 Å². The highest BCUT2D eigenvalue weighted by Gasteiger charge is 1.99. The van der Waals surface area contributed by atoms with E-state index in [0.717, 1.165) is 6.54 Å². The highest BCUT2D eigenvalue weighted by Crippen LogP contribution is 2.08. The van der Waals surface area contributed by atoms with Crippen LogP contribution in [-0.4, -0.2) is 19.0 Å². The van der Waals surface area contributed by atoms with Crippen LogP contribution >= 0.6 is 0 Å². The van der Waals surface area contributed by atoms with Crippen LogP contribution in [0.4, 0.5) is 0 Å². The van der Waals surface area contributed by atoms with Crippen molar-refractivity contribution >= 4 is 0 Å². The summed E-state index contributed by atoms with van der Waals surface area (Å²) < 4.78 is 0. The first kappa shape index (κ1) is 9.23. The van der Waals surface area contributed by atoms with Gasteiger partial charge >= 0.3 is 0 Å². The van der Waals surface area contributed by atoms with Crippen LogP contribution in [0.15, 0.2) is 18.2 Å². The molecule has 0 saturated heterocycles. The third-order valence-corrected chi connectivity index (χ3v) is 1.76. The molecule has 1 aromatic rings. The number of nitrogens with zero attached hydrogens (tertiary/aromatic N) is 1. The van der Waals surface area contributed by atoms with Gasteiger partial charge in [-0.2, -0.15) is 0 Å². The summed E-state index contributed by atoms with van der Waals surface area (Å²) in [7, 11) is 4.11. The Morgan fingerprint density at radius 1 is 1.42 bits per heavy atom. The number of hydrogen-bond acceptors (Lipinski definition) is 2. The maximum absolute atomic E-state index is 5.59. The summed E-state index contributed by atoms with van der Waals surface area (Å²) in [5.74, 6) is 0. The number of hydrogen-bond donors (Lipinski definition) is 1. The second-order valence-electron chi connectivity index (χ2n) is 3.14. The van der Waals surface area contributed by atoms with Crippen molar-refractivity contribution in [3.8, 4) is 0 Å².